The Bertz CT molecular complexity index is 287. The molecule has 0 heterocycles. The van der Waals surface area contributed by atoms with Gasteiger partial charge in [-0.25, -0.2) is 0 Å². The van der Waals surface area contributed by atoms with E-state index in [1.807, 2.05) is 24.3 Å². The van der Waals surface area contributed by atoms with Crippen LogP contribution in [0, 0.1) is 0 Å². The first-order chi connectivity index (χ1) is 6.15. The number of aryl methyl sites for hydroxylation is 1. The molecule has 0 bridgehead atoms. The largest absolute Gasteiger partial charge is 0.321 e. The van der Waals surface area contributed by atoms with Crippen molar-refractivity contribution in [2.24, 2.45) is 5.73 Å². The lowest BCUT2D eigenvalue weighted by molar-refractivity contribution is 0.0968. The fourth-order valence-electron chi connectivity index (χ4n) is 1.17. The summed E-state index contributed by atoms with van der Waals surface area (Å²) in [7, 11) is 0. The van der Waals surface area contributed by atoms with Crippen molar-refractivity contribution >= 4 is 5.78 Å². The van der Waals surface area contributed by atoms with Crippen molar-refractivity contribution in [1.29, 1.82) is 0 Å². The number of ketones is 1. The first-order valence-electron chi connectivity index (χ1n) is 4.54. The lowest BCUT2D eigenvalue weighted by Gasteiger charge is -2.04. The van der Waals surface area contributed by atoms with Gasteiger partial charge in [-0.15, -0.1) is 0 Å². The molecule has 0 fully saturated rings. The van der Waals surface area contributed by atoms with Crippen LogP contribution < -0.4 is 5.73 Å². The van der Waals surface area contributed by atoms with Gasteiger partial charge < -0.3 is 5.73 Å². The Balaban J connectivity index is 2.86. The van der Waals surface area contributed by atoms with Crippen molar-refractivity contribution in [2.75, 3.05) is 0 Å². The molecule has 1 rings (SSSR count). The average Bonchev–Trinajstić information content (AvgIpc) is 2.17. The van der Waals surface area contributed by atoms with Crippen LogP contribution in [-0.2, 0) is 6.42 Å². The van der Waals surface area contributed by atoms with E-state index in [1.54, 1.807) is 6.92 Å². The molecule has 1 atom stereocenters. The molecule has 0 saturated heterocycles. The minimum atomic E-state index is -0.410. The summed E-state index contributed by atoms with van der Waals surface area (Å²) in [5.41, 5.74) is 7.43. The quantitative estimate of drug-likeness (QED) is 0.715. The summed E-state index contributed by atoms with van der Waals surface area (Å²) in [6.45, 7) is 3.79. The van der Waals surface area contributed by atoms with Gasteiger partial charge in [-0.2, -0.15) is 0 Å². The Morgan fingerprint density at radius 3 is 2.31 bits per heavy atom. The molecule has 0 aliphatic carbocycles. The van der Waals surface area contributed by atoms with Gasteiger partial charge in [0.1, 0.15) is 0 Å². The van der Waals surface area contributed by atoms with Gasteiger partial charge in [0, 0.05) is 5.56 Å². The van der Waals surface area contributed by atoms with Crippen LogP contribution in [0.4, 0.5) is 0 Å². The minimum Gasteiger partial charge on any atom is -0.321 e. The smallest absolute Gasteiger partial charge is 0.179 e. The van der Waals surface area contributed by atoms with Crippen LogP contribution in [0.3, 0.4) is 0 Å². The lowest BCUT2D eigenvalue weighted by atomic mass is 10.0. The molecule has 0 spiro atoms. The molecule has 1 aromatic rings. The lowest BCUT2D eigenvalue weighted by Crippen LogP contribution is -2.26. The predicted octanol–water partition coefficient (Wildman–Crippen LogP) is 1.78. The monoisotopic (exact) mass is 177 g/mol. The van der Waals surface area contributed by atoms with E-state index >= 15 is 0 Å². The summed E-state index contributed by atoms with van der Waals surface area (Å²) in [6.07, 6.45) is 0.993. The zero-order valence-corrected chi connectivity index (χ0v) is 8.08. The normalized spacial score (nSPS) is 12.5. The van der Waals surface area contributed by atoms with Crippen molar-refractivity contribution in [1.82, 2.24) is 0 Å². The van der Waals surface area contributed by atoms with Gasteiger partial charge in [0.15, 0.2) is 5.78 Å². The SMILES string of the molecule is CCc1ccc(C(=O)C(C)N)cc1. The number of carbonyl (C=O) groups excluding carboxylic acids is 1. The highest BCUT2D eigenvalue weighted by atomic mass is 16.1. The van der Waals surface area contributed by atoms with Crippen molar-refractivity contribution < 1.29 is 4.79 Å². The van der Waals surface area contributed by atoms with Crippen LogP contribution in [0.25, 0.3) is 0 Å². The summed E-state index contributed by atoms with van der Waals surface area (Å²) in [6, 6.07) is 7.20. The molecule has 2 nitrogen and oxygen atoms in total. The maximum absolute atomic E-state index is 11.4. The number of nitrogens with two attached hydrogens (primary N) is 1. The Kier molecular flexibility index (Phi) is 3.20. The molecule has 0 saturated carbocycles. The van der Waals surface area contributed by atoms with Crippen LogP contribution in [0.1, 0.15) is 29.8 Å². The van der Waals surface area contributed by atoms with E-state index in [0.717, 1.165) is 6.42 Å². The van der Waals surface area contributed by atoms with Gasteiger partial charge in [0.2, 0.25) is 0 Å². The van der Waals surface area contributed by atoms with E-state index in [1.165, 1.54) is 5.56 Å². The third kappa shape index (κ3) is 2.39. The molecule has 1 unspecified atom stereocenters. The van der Waals surface area contributed by atoms with Crippen LogP contribution >= 0.6 is 0 Å². The van der Waals surface area contributed by atoms with Crippen LogP contribution in [0.15, 0.2) is 24.3 Å². The van der Waals surface area contributed by atoms with Crippen LogP contribution in [0.5, 0.6) is 0 Å². The Hall–Kier alpha value is -1.15. The average molecular weight is 177 g/mol. The van der Waals surface area contributed by atoms with Gasteiger partial charge in [-0.05, 0) is 18.9 Å². The zero-order chi connectivity index (χ0) is 9.84. The molecule has 1 aromatic carbocycles. The van der Waals surface area contributed by atoms with E-state index in [2.05, 4.69) is 6.92 Å². The third-order valence-electron chi connectivity index (χ3n) is 2.06. The van der Waals surface area contributed by atoms with E-state index in [-0.39, 0.29) is 5.78 Å². The Morgan fingerprint density at radius 1 is 1.38 bits per heavy atom. The van der Waals surface area contributed by atoms with Crippen molar-refractivity contribution in [3.05, 3.63) is 35.4 Å². The number of hydrogen-bond acceptors (Lipinski definition) is 2. The summed E-state index contributed by atoms with van der Waals surface area (Å²) in [5, 5.41) is 0. The van der Waals surface area contributed by atoms with Gasteiger partial charge in [0.05, 0.1) is 6.04 Å². The van der Waals surface area contributed by atoms with Crippen molar-refractivity contribution in [3.63, 3.8) is 0 Å². The zero-order valence-electron chi connectivity index (χ0n) is 8.08. The summed E-state index contributed by atoms with van der Waals surface area (Å²) >= 11 is 0. The number of Topliss-reactive ketones (excluding diaryl/α,β-unsaturated/α-hetero) is 1. The van der Waals surface area contributed by atoms with Crippen LogP contribution in [-0.4, -0.2) is 11.8 Å². The first-order valence-corrected chi connectivity index (χ1v) is 4.54. The molecule has 0 aliphatic heterocycles. The number of rotatable bonds is 3. The van der Waals surface area contributed by atoms with Crippen molar-refractivity contribution in [3.8, 4) is 0 Å². The maximum atomic E-state index is 11.4. The maximum Gasteiger partial charge on any atom is 0.179 e. The second kappa shape index (κ2) is 4.19. The fourth-order valence-corrected chi connectivity index (χ4v) is 1.17. The fraction of sp³-hybridized carbons (Fsp3) is 0.364. The highest BCUT2D eigenvalue weighted by Gasteiger charge is 2.09. The second-order valence-corrected chi connectivity index (χ2v) is 3.20. The molecular weight excluding hydrogens is 162 g/mol. The van der Waals surface area contributed by atoms with Crippen LogP contribution in [0.2, 0.25) is 0 Å². The molecule has 13 heavy (non-hydrogen) atoms. The Labute approximate surface area is 78.8 Å². The molecule has 0 aromatic heterocycles. The molecule has 70 valence electrons. The van der Waals surface area contributed by atoms with Gasteiger partial charge in [-0.1, -0.05) is 31.2 Å². The standard InChI is InChI=1S/C11H15NO/c1-3-9-4-6-10(7-5-9)11(13)8(2)12/h4-8H,3,12H2,1-2H3. The Morgan fingerprint density at radius 2 is 1.92 bits per heavy atom. The van der Waals surface area contributed by atoms with Gasteiger partial charge in [-0.3, -0.25) is 4.79 Å². The van der Waals surface area contributed by atoms with Gasteiger partial charge in [0.25, 0.3) is 0 Å². The molecule has 2 N–H and O–H groups in total. The molecular formula is C11H15NO. The summed E-state index contributed by atoms with van der Waals surface area (Å²) < 4.78 is 0. The molecule has 0 amide bonds. The molecule has 2 heteroatoms. The van der Waals surface area contributed by atoms with Crippen molar-refractivity contribution in [2.45, 2.75) is 26.3 Å². The summed E-state index contributed by atoms with van der Waals surface area (Å²) in [5.74, 6) is 0.00246. The predicted molar refractivity (Wildman–Crippen MR) is 53.8 cm³/mol. The van der Waals surface area contributed by atoms with E-state index < -0.39 is 6.04 Å². The second-order valence-electron chi connectivity index (χ2n) is 3.20. The van der Waals surface area contributed by atoms with Gasteiger partial charge >= 0.3 is 0 Å². The number of hydrogen-bond donors (Lipinski definition) is 1. The third-order valence-corrected chi connectivity index (χ3v) is 2.06. The minimum absolute atomic E-state index is 0.00246. The number of carbonyl (C=O) groups is 1. The molecule has 0 radical (unpaired) electrons. The van der Waals surface area contributed by atoms with E-state index in [0.29, 0.717) is 5.56 Å². The van der Waals surface area contributed by atoms with E-state index in [4.69, 9.17) is 5.73 Å². The molecule has 0 aliphatic rings. The summed E-state index contributed by atoms with van der Waals surface area (Å²) in [4.78, 5) is 11.4. The first kappa shape index (κ1) is 9.93. The number of benzene rings is 1. The van der Waals surface area contributed by atoms with E-state index in [9.17, 15) is 4.79 Å². The topological polar surface area (TPSA) is 43.1 Å². The highest BCUT2D eigenvalue weighted by Crippen LogP contribution is 2.06. The highest BCUT2D eigenvalue weighted by molar-refractivity contribution is 5.99.